The van der Waals surface area contributed by atoms with Gasteiger partial charge in [-0.05, 0) is 48.5 Å². The third-order valence-electron chi connectivity index (χ3n) is 4.80. The van der Waals surface area contributed by atoms with E-state index in [2.05, 4.69) is 30.7 Å². The molecule has 0 fully saturated rings. The lowest BCUT2D eigenvalue weighted by atomic mass is 10.1. The van der Waals surface area contributed by atoms with Gasteiger partial charge in [0, 0.05) is 28.4 Å². The fourth-order valence-corrected chi connectivity index (χ4v) is 4.21. The highest BCUT2D eigenvalue weighted by molar-refractivity contribution is 7.18. The first-order valence-corrected chi connectivity index (χ1v) is 10.7. The van der Waals surface area contributed by atoms with Crippen LogP contribution in [0.15, 0.2) is 60.9 Å². The maximum Gasteiger partial charge on any atom is 0.210 e. The monoisotopic (exact) mass is 464 g/mol. The summed E-state index contributed by atoms with van der Waals surface area (Å²) in [6.45, 7) is 0. The Morgan fingerprint density at radius 3 is 2.81 bits per heavy atom. The van der Waals surface area contributed by atoms with Crippen LogP contribution in [0.1, 0.15) is 16.1 Å². The molecule has 5 rings (SSSR count). The third-order valence-corrected chi connectivity index (χ3v) is 6.09. The fraction of sp³-hybridized carbons (Fsp3) is 0.0455. The Labute approximate surface area is 190 Å². The van der Waals surface area contributed by atoms with Crippen molar-refractivity contribution in [1.82, 2.24) is 25.4 Å². The molecule has 3 heterocycles. The van der Waals surface area contributed by atoms with Gasteiger partial charge in [0.1, 0.15) is 10.8 Å². The number of halogens is 2. The maximum absolute atomic E-state index is 13.1. The first-order valence-electron chi connectivity index (χ1n) is 9.53. The smallest absolute Gasteiger partial charge is 0.210 e. The van der Waals surface area contributed by atoms with Gasteiger partial charge in [-0.3, -0.25) is 14.9 Å². The molecule has 0 unspecified atom stereocenters. The number of benzene rings is 2. The Balaban J connectivity index is 1.34. The summed E-state index contributed by atoms with van der Waals surface area (Å²) >= 11 is 7.81. The molecule has 0 radical (unpaired) electrons. The number of Topliss-reactive ketones (excluding diaryl/α,β-unsaturated/α-hetero) is 1. The summed E-state index contributed by atoms with van der Waals surface area (Å²) in [7, 11) is 0. The van der Waals surface area contributed by atoms with Crippen molar-refractivity contribution in [1.29, 1.82) is 0 Å². The summed E-state index contributed by atoms with van der Waals surface area (Å²) in [4.78, 5) is 16.7. The van der Waals surface area contributed by atoms with Crippen LogP contribution in [-0.2, 0) is 6.42 Å². The molecule has 2 N–H and O–H groups in total. The van der Waals surface area contributed by atoms with Gasteiger partial charge in [0.05, 0.1) is 28.8 Å². The van der Waals surface area contributed by atoms with Crippen molar-refractivity contribution in [3.8, 4) is 10.6 Å². The predicted molar refractivity (Wildman–Crippen MR) is 122 cm³/mol. The summed E-state index contributed by atoms with van der Waals surface area (Å²) < 4.78 is 13.1. The normalized spacial score (nSPS) is 11.1. The van der Waals surface area contributed by atoms with Crippen molar-refractivity contribution in [3.63, 3.8) is 0 Å². The average Bonchev–Trinajstić information content (AvgIpc) is 3.46. The highest BCUT2D eigenvalue weighted by Gasteiger charge is 2.13. The average molecular weight is 465 g/mol. The second kappa shape index (κ2) is 8.45. The molecule has 0 aliphatic heterocycles. The van der Waals surface area contributed by atoms with Crippen LogP contribution in [0.3, 0.4) is 0 Å². The summed E-state index contributed by atoms with van der Waals surface area (Å²) in [5.41, 5.74) is 3.37. The molecule has 0 amide bonds. The standard InChI is InChI=1S/C22H14ClFN6OS/c23-20-16-11-26-28-17(16)5-6-18(20)27-22-30-29-21(32-22)13-7-8-25-15(9-13)10-19(31)12-1-3-14(24)4-2-12/h1-9,11H,10H2,(H,26,28)(H,27,30). The van der Waals surface area contributed by atoms with Crippen molar-refractivity contribution in [3.05, 3.63) is 83.0 Å². The van der Waals surface area contributed by atoms with E-state index in [1.807, 2.05) is 12.1 Å². The molecule has 0 atom stereocenters. The van der Waals surface area contributed by atoms with E-state index in [0.29, 0.717) is 32.1 Å². The van der Waals surface area contributed by atoms with Crippen molar-refractivity contribution in [2.45, 2.75) is 6.42 Å². The molecular formula is C22H14ClFN6OS. The number of nitrogens with zero attached hydrogens (tertiary/aromatic N) is 4. The molecule has 0 bridgehead atoms. The van der Waals surface area contributed by atoms with Crippen molar-refractivity contribution < 1.29 is 9.18 Å². The van der Waals surface area contributed by atoms with Crippen molar-refractivity contribution in [2.24, 2.45) is 0 Å². The largest absolute Gasteiger partial charge is 0.329 e. The quantitative estimate of drug-likeness (QED) is 0.325. The zero-order valence-corrected chi connectivity index (χ0v) is 17.9. The molecule has 7 nitrogen and oxygen atoms in total. The third kappa shape index (κ3) is 4.08. The molecule has 0 saturated carbocycles. The highest BCUT2D eigenvalue weighted by atomic mass is 35.5. The number of hydrogen-bond donors (Lipinski definition) is 2. The van der Waals surface area contributed by atoms with E-state index >= 15 is 0 Å². The van der Waals surface area contributed by atoms with E-state index in [1.54, 1.807) is 24.5 Å². The summed E-state index contributed by atoms with van der Waals surface area (Å²) in [5, 5.41) is 21.1. The number of hydrogen-bond acceptors (Lipinski definition) is 7. The molecule has 0 aliphatic rings. The van der Waals surface area contributed by atoms with E-state index in [4.69, 9.17) is 11.6 Å². The van der Waals surface area contributed by atoms with Gasteiger partial charge in [-0.15, -0.1) is 10.2 Å². The lowest BCUT2D eigenvalue weighted by Gasteiger charge is -2.05. The number of H-pyrrole nitrogens is 1. The Hall–Kier alpha value is -3.69. The van der Waals surface area contributed by atoms with Gasteiger partial charge < -0.3 is 5.32 Å². The second-order valence-electron chi connectivity index (χ2n) is 6.94. The van der Waals surface area contributed by atoms with Crippen LogP contribution in [0.5, 0.6) is 0 Å². The van der Waals surface area contributed by atoms with Crippen LogP contribution in [0.25, 0.3) is 21.5 Å². The summed E-state index contributed by atoms with van der Waals surface area (Å²) in [5.74, 6) is -0.521. The molecule has 2 aromatic carbocycles. The molecule has 158 valence electrons. The number of ketones is 1. The molecule has 32 heavy (non-hydrogen) atoms. The minimum absolute atomic E-state index is 0.101. The van der Waals surface area contributed by atoms with Crippen molar-refractivity contribution >= 4 is 50.4 Å². The lowest BCUT2D eigenvalue weighted by molar-refractivity contribution is 0.0992. The first-order chi connectivity index (χ1) is 15.6. The van der Waals surface area contributed by atoms with E-state index in [-0.39, 0.29) is 18.0 Å². The van der Waals surface area contributed by atoms with Crippen LogP contribution in [0.4, 0.5) is 15.2 Å². The SMILES string of the molecule is O=C(Cc1cc(-c2nnc(Nc3ccc4[nH]ncc4c3Cl)s2)ccn1)c1ccc(F)cc1. The van der Waals surface area contributed by atoms with Crippen LogP contribution < -0.4 is 5.32 Å². The van der Waals surface area contributed by atoms with E-state index in [1.165, 1.54) is 35.6 Å². The van der Waals surface area contributed by atoms with Gasteiger partial charge in [-0.1, -0.05) is 22.9 Å². The van der Waals surface area contributed by atoms with Gasteiger partial charge in [-0.25, -0.2) is 4.39 Å². The van der Waals surface area contributed by atoms with Crippen molar-refractivity contribution in [2.75, 3.05) is 5.32 Å². The molecule has 0 saturated heterocycles. The number of pyridine rings is 1. The lowest BCUT2D eigenvalue weighted by Crippen LogP contribution is -2.05. The Bertz CT molecular complexity index is 1430. The number of nitrogens with one attached hydrogen (secondary N) is 2. The van der Waals surface area contributed by atoms with E-state index < -0.39 is 0 Å². The van der Waals surface area contributed by atoms with E-state index in [0.717, 1.165) is 16.5 Å². The number of aromatic nitrogens is 5. The molecule has 3 aromatic heterocycles. The molecule has 5 aromatic rings. The Kier molecular flexibility index (Phi) is 5.34. The molecular weight excluding hydrogens is 451 g/mol. The van der Waals surface area contributed by atoms with Crippen LogP contribution in [0.2, 0.25) is 5.02 Å². The van der Waals surface area contributed by atoms with Gasteiger partial charge >= 0.3 is 0 Å². The van der Waals surface area contributed by atoms with Gasteiger partial charge in [0.25, 0.3) is 0 Å². The van der Waals surface area contributed by atoms with Gasteiger partial charge in [-0.2, -0.15) is 5.10 Å². The maximum atomic E-state index is 13.1. The molecule has 0 spiro atoms. The minimum atomic E-state index is -0.381. The number of carbonyl (C=O) groups is 1. The molecule has 10 heteroatoms. The summed E-state index contributed by atoms with van der Waals surface area (Å²) in [6.07, 6.45) is 3.39. The van der Waals surface area contributed by atoms with Crippen LogP contribution >= 0.6 is 22.9 Å². The number of rotatable bonds is 6. The van der Waals surface area contributed by atoms with E-state index in [9.17, 15) is 9.18 Å². The Morgan fingerprint density at radius 1 is 1.12 bits per heavy atom. The highest BCUT2D eigenvalue weighted by Crippen LogP contribution is 2.34. The minimum Gasteiger partial charge on any atom is -0.329 e. The molecule has 0 aliphatic carbocycles. The number of aromatic amines is 1. The van der Waals surface area contributed by atoms with Crippen LogP contribution in [-0.4, -0.2) is 31.2 Å². The topological polar surface area (TPSA) is 96.5 Å². The second-order valence-corrected chi connectivity index (χ2v) is 8.29. The number of anilines is 2. The van der Waals surface area contributed by atoms with Crippen LogP contribution in [0, 0.1) is 5.82 Å². The predicted octanol–water partition coefficient (Wildman–Crippen LogP) is 5.44. The van der Waals surface area contributed by atoms with Gasteiger partial charge in [0.15, 0.2) is 5.78 Å². The summed E-state index contributed by atoms with van der Waals surface area (Å²) in [6, 6.07) is 12.8. The fourth-order valence-electron chi connectivity index (χ4n) is 3.20. The Morgan fingerprint density at radius 2 is 1.97 bits per heavy atom. The number of carbonyl (C=O) groups excluding carboxylic acids is 1. The first kappa shape index (κ1) is 20.2. The number of fused-ring (bicyclic) bond motifs is 1. The zero-order valence-electron chi connectivity index (χ0n) is 16.3. The van der Waals surface area contributed by atoms with Gasteiger partial charge in [0.2, 0.25) is 5.13 Å². The zero-order chi connectivity index (χ0) is 22.1.